The lowest BCUT2D eigenvalue weighted by Crippen LogP contribution is -2.52. The smallest absolute Gasteiger partial charge is 0.320 e. The lowest BCUT2D eigenvalue weighted by Gasteiger charge is -2.40. The second kappa shape index (κ2) is 14.6. The van der Waals surface area contributed by atoms with Gasteiger partial charge in [-0.25, -0.2) is 27.3 Å². The second-order valence-corrected chi connectivity index (χ2v) is 12.5. The van der Waals surface area contributed by atoms with Crippen molar-refractivity contribution < 1.29 is 27.4 Å². The minimum Gasteiger partial charge on any atom is -0.439 e. The van der Waals surface area contributed by atoms with Gasteiger partial charge in [-0.3, -0.25) is 9.88 Å². The molecule has 1 fully saturated rings. The molecule has 2 unspecified atom stereocenters. The maximum atomic E-state index is 14.0. The lowest BCUT2D eigenvalue weighted by molar-refractivity contribution is 0.108. The number of pyridine rings is 2. The minimum atomic E-state index is -3.72. The van der Waals surface area contributed by atoms with Gasteiger partial charge in [-0.05, 0) is 85.3 Å². The Kier molecular flexibility index (Phi) is 10.4. The minimum absolute atomic E-state index is 0.0557. The first-order chi connectivity index (χ1) is 21.7. The van der Waals surface area contributed by atoms with Crippen LogP contribution in [0.25, 0.3) is 0 Å². The number of aromatic nitrogens is 2. The zero-order chi connectivity index (χ0) is 31.8. The van der Waals surface area contributed by atoms with Gasteiger partial charge >= 0.3 is 6.03 Å². The first-order valence-corrected chi connectivity index (χ1v) is 16.0. The average Bonchev–Trinajstić information content (AvgIpc) is 3.03. The Labute approximate surface area is 261 Å². The van der Waals surface area contributed by atoms with Crippen molar-refractivity contribution in [1.29, 1.82) is 0 Å². The lowest BCUT2D eigenvalue weighted by atomic mass is 9.87. The molecule has 13 heteroatoms. The number of ether oxygens (including phenoxy) is 1. The number of hydrogen-bond acceptors (Lipinski definition) is 8. The number of sulfonamides is 1. The molecule has 0 saturated carbocycles. The number of nitrogens with one attached hydrogen (secondary N) is 3. The van der Waals surface area contributed by atoms with Gasteiger partial charge in [-0.15, -0.1) is 0 Å². The van der Waals surface area contributed by atoms with E-state index in [4.69, 9.17) is 9.84 Å². The van der Waals surface area contributed by atoms with Gasteiger partial charge in [0.2, 0.25) is 15.9 Å². The zero-order valence-electron chi connectivity index (χ0n) is 24.7. The molecule has 1 aliphatic heterocycles. The van der Waals surface area contributed by atoms with E-state index >= 15 is 0 Å². The van der Waals surface area contributed by atoms with Gasteiger partial charge < -0.3 is 20.5 Å². The van der Waals surface area contributed by atoms with Crippen LogP contribution in [0.2, 0.25) is 0 Å². The number of rotatable bonds is 11. The number of nitrogens with zero attached hydrogens (tertiary/aromatic N) is 3. The Hall–Kier alpha value is -4.43. The number of urea groups is 1. The monoisotopic (exact) mass is 634 g/mol. The first-order valence-electron chi connectivity index (χ1n) is 14.5. The molecule has 0 spiro atoms. The summed E-state index contributed by atoms with van der Waals surface area (Å²) in [4.78, 5) is 23.8. The summed E-state index contributed by atoms with van der Waals surface area (Å²) in [7, 11) is -3.72. The maximum absolute atomic E-state index is 14.0. The number of aryl methyl sites for hydroxylation is 1. The van der Waals surface area contributed by atoms with Crippen molar-refractivity contribution in [3.63, 3.8) is 0 Å². The van der Waals surface area contributed by atoms with E-state index in [0.29, 0.717) is 36.8 Å². The summed E-state index contributed by atoms with van der Waals surface area (Å²) >= 11 is 0. The quantitative estimate of drug-likeness (QED) is 0.189. The van der Waals surface area contributed by atoms with Crippen LogP contribution >= 0.6 is 0 Å². The van der Waals surface area contributed by atoms with Crippen LogP contribution in [0.4, 0.5) is 14.9 Å². The van der Waals surface area contributed by atoms with Crippen molar-refractivity contribution in [3.05, 3.63) is 108 Å². The van der Waals surface area contributed by atoms with Crippen LogP contribution in [0.5, 0.6) is 11.6 Å². The van der Waals surface area contributed by atoms with Gasteiger partial charge in [-0.2, -0.15) is 0 Å². The Morgan fingerprint density at radius 1 is 1.07 bits per heavy atom. The summed E-state index contributed by atoms with van der Waals surface area (Å²) in [6, 6.07) is 19.3. The van der Waals surface area contributed by atoms with Crippen LogP contribution in [-0.2, 0) is 16.6 Å². The molecule has 45 heavy (non-hydrogen) atoms. The molecule has 11 nitrogen and oxygen atoms in total. The van der Waals surface area contributed by atoms with Crippen molar-refractivity contribution in [2.24, 2.45) is 0 Å². The van der Waals surface area contributed by atoms with Gasteiger partial charge in [0.15, 0.2) is 0 Å². The van der Waals surface area contributed by atoms with E-state index in [-0.39, 0.29) is 42.0 Å². The number of anilines is 1. The topological polar surface area (TPSA) is 146 Å². The normalized spacial score (nSPS) is 17.0. The van der Waals surface area contributed by atoms with E-state index in [1.54, 1.807) is 36.7 Å². The number of carbonyl (C=O) groups is 1. The van der Waals surface area contributed by atoms with Crippen LogP contribution in [0.1, 0.15) is 35.6 Å². The number of carbonyl (C=O) groups excluding carboxylic acids is 1. The molecular weight excluding hydrogens is 599 g/mol. The summed E-state index contributed by atoms with van der Waals surface area (Å²) in [5.74, 6) is 0.533. The average molecular weight is 635 g/mol. The fourth-order valence-electron chi connectivity index (χ4n) is 5.15. The standard InChI is InChI=1S/C32H35FN6O5S/c1-22-5-7-27(20-34-22)37-32(41)38-30-18-25(24-3-2-4-26(33)17-24)13-15-39(30)21-23-6-12-31(35-19-23)44-28-8-10-29(11-9-28)45(42,43)36-14-16-40/h2-12,17,19-20,25,30,36,40H,13-16,18,21H2,1H3,(H2,37,38,41). The first kappa shape index (κ1) is 32.0. The number of benzene rings is 2. The molecule has 2 aromatic heterocycles. The predicted octanol–water partition coefficient (Wildman–Crippen LogP) is 4.51. The third kappa shape index (κ3) is 8.82. The van der Waals surface area contributed by atoms with Crippen molar-refractivity contribution >= 4 is 21.7 Å². The SMILES string of the molecule is Cc1ccc(NC(=O)NC2CC(c3cccc(F)c3)CCN2Cc2ccc(Oc3ccc(S(=O)(=O)NCCO)cc3)nc2)cn1. The van der Waals surface area contributed by atoms with E-state index in [2.05, 4.69) is 30.2 Å². The summed E-state index contributed by atoms with van der Waals surface area (Å²) < 4.78 is 46.5. The fraction of sp³-hybridized carbons (Fsp3) is 0.281. The van der Waals surface area contributed by atoms with Crippen LogP contribution in [0.15, 0.2) is 90.1 Å². The van der Waals surface area contributed by atoms with Gasteiger partial charge in [0, 0.05) is 37.6 Å². The van der Waals surface area contributed by atoms with E-state index in [9.17, 15) is 17.6 Å². The summed E-state index contributed by atoms with van der Waals surface area (Å²) in [6.45, 7) is 2.67. The van der Waals surface area contributed by atoms with Crippen molar-refractivity contribution in [2.45, 2.75) is 43.3 Å². The predicted molar refractivity (Wildman–Crippen MR) is 167 cm³/mol. The number of aliphatic hydroxyl groups excluding tert-OH is 1. The number of aliphatic hydroxyl groups is 1. The highest BCUT2D eigenvalue weighted by Crippen LogP contribution is 2.32. The molecule has 5 rings (SSSR count). The highest BCUT2D eigenvalue weighted by atomic mass is 32.2. The number of likely N-dealkylation sites (tertiary alicyclic amines) is 1. The molecule has 1 aliphatic rings. The van der Waals surface area contributed by atoms with Gasteiger partial charge in [0.25, 0.3) is 0 Å². The van der Waals surface area contributed by atoms with E-state index in [0.717, 1.165) is 23.2 Å². The molecule has 236 valence electrons. The van der Waals surface area contributed by atoms with Gasteiger partial charge in [0.1, 0.15) is 11.6 Å². The summed E-state index contributed by atoms with van der Waals surface area (Å²) in [5.41, 5.74) is 3.23. The van der Waals surface area contributed by atoms with Crippen molar-refractivity contribution in [3.8, 4) is 11.6 Å². The molecule has 2 atom stereocenters. The van der Waals surface area contributed by atoms with Gasteiger partial charge in [-0.1, -0.05) is 18.2 Å². The van der Waals surface area contributed by atoms with Crippen molar-refractivity contribution in [1.82, 2.24) is 24.9 Å². The number of hydrogen-bond donors (Lipinski definition) is 4. The van der Waals surface area contributed by atoms with Crippen LogP contribution in [-0.4, -0.2) is 60.3 Å². The number of piperidine rings is 1. The molecule has 0 bridgehead atoms. The number of halogens is 1. The Bertz CT molecular complexity index is 1690. The second-order valence-electron chi connectivity index (χ2n) is 10.7. The van der Waals surface area contributed by atoms with Gasteiger partial charge in [0.05, 0.1) is 29.6 Å². The Balaban J connectivity index is 1.24. The third-order valence-electron chi connectivity index (χ3n) is 7.44. The molecule has 4 aromatic rings. The molecule has 0 radical (unpaired) electrons. The van der Waals surface area contributed by atoms with E-state index in [1.165, 1.54) is 30.3 Å². The highest BCUT2D eigenvalue weighted by Gasteiger charge is 2.31. The molecular formula is C32H35FN6O5S. The molecule has 4 N–H and O–H groups in total. The van der Waals surface area contributed by atoms with Crippen molar-refractivity contribution in [2.75, 3.05) is 25.0 Å². The third-order valence-corrected chi connectivity index (χ3v) is 8.92. The van der Waals surface area contributed by atoms with Crippen LogP contribution in [0, 0.1) is 12.7 Å². The highest BCUT2D eigenvalue weighted by molar-refractivity contribution is 7.89. The zero-order valence-corrected chi connectivity index (χ0v) is 25.5. The van der Waals surface area contributed by atoms with Crippen LogP contribution in [0.3, 0.4) is 0 Å². The maximum Gasteiger partial charge on any atom is 0.320 e. The number of amides is 2. The fourth-order valence-corrected chi connectivity index (χ4v) is 6.17. The van der Waals surface area contributed by atoms with E-state index < -0.39 is 10.0 Å². The molecule has 0 aliphatic carbocycles. The molecule has 2 aromatic carbocycles. The molecule has 3 heterocycles. The Morgan fingerprint density at radius 3 is 2.58 bits per heavy atom. The summed E-state index contributed by atoms with van der Waals surface area (Å²) in [6.07, 6.45) is 4.36. The van der Waals surface area contributed by atoms with Crippen LogP contribution < -0.4 is 20.1 Å². The summed E-state index contributed by atoms with van der Waals surface area (Å²) in [5, 5.41) is 14.8. The molecule has 2 amide bonds. The Morgan fingerprint density at radius 2 is 1.89 bits per heavy atom. The molecule has 1 saturated heterocycles. The van der Waals surface area contributed by atoms with E-state index in [1.807, 2.05) is 25.1 Å². The largest absolute Gasteiger partial charge is 0.439 e.